The second-order valence-corrected chi connectivity index (χ2v) is 9.34. The fourth-order valence-corrected chi connectivity index (χ4v) is 4.72. The highest BCUT2D eigenvalue weighted by molar-refractivity contribution is 6.31. The minimum atomic E-state index is -0.0723. The van der Waals surface area contributed by atoms with E-state index in [0.29, 0.717) is 70.1 Å². The number of carbonyl (C=O) groups excluding carboxylic acids is 3. The molecule has 2 aromatic carbocycles. The smallest absolute Gasteiger partial charge is 0.236 e. The highest BCUT2D eigenvalue weighted by Crippen LogP contribution is 2.20. The van der Waals surface area contributed by atoms with E-state index >= 15 is 0 Å². The largest absolute Gasteiger partial charge is 0.342 e. The second-order valence-electron chi connectivity index (χ2n) is 8.94. The van der Waals surface area contributed by atoms with E-state index < -0.39 is 0 Å². The second kappa shape index (κ2) is 11.5. The van der Waals surface area contributed by atoms with Crippen LogP contribution in [0.25, 0.3) is 0 Å². The molecule has 4 rings (SSSR count). The van der Waals surface area contributed by atoms with E-state index in [4.69, 9.17) is 11.6 Å². The maximum Gasteiger partial charge on any atom is 0.236 e. The standard InChI is InChI=1S/C26H31ClN4O3/c27-23-9-5-4-6-21(23)18-24(32)31-16-14-29(15-17-31)19-25(33)30-12-10-20(11-13-30)26(34)28-22-7-2-1-3-8-22/h1-9,20H,10-19H2,(H,28,34). The molecule has 1 N–H and O–H groups in total. The van der Waals surface area contributed by atoms with Gasteiger partial charge in [0.05, 0.1) is 13.0 Å². The Morgan fingerprint density at radius 2 is 1.41 bits per heavy atom. The highest BCUT2D eigenvalue weighted by Gasteiger charge is 2.29. The van der Waals surface area contributed by atoms with Gasteiger partial charge in [0, 0.05) is 55.9 Å². The van der Waals surface area contributed by atoms with Gasteiger partial charge in [-0.15, -0.1) is 0 Å². The number of nitrogens with zero attached hydrogens (tertiary/aromatic N) is 3. The molecule has 0 aromatic heterocycles. The number of piperazine rings is 1. The molecule has 180 valence electrons. The van der Waals surface area contributed by atoms with Crippen LogP contribution in [0.2, 0.25) is 5.02 Å². The summed E-state index contributed by atoms with van der Waals surface area (Å²) >= 11 is 6.18. The number of halogens is 1. The van der Waals surface area contributed by atoms with E-state index in [1.807, 2.05) is 58.3 Å². The average Bonchev–Trinajstić information content (AvgIpc) is 2.86. The van der Waals surface area contributed by atoms with Gasteiger partial charge in [0.25, 0.3) is 0 Å². The van der Waals surface area contributed by atoms with Crippen LogP contribution < -0.4 is 5.32 Å². The van der Waals surface area contributed by atoms with Crippen molar-refractivity contribution in [3.05, 3.63) is 65.2 Å². The molecule has 0 spiro atoms. The molecule has 2 fully saturated rings. The lowest BCUT2D eigenvalue weighted by atomic mass is 9.95. The first kappa shape index (κ1) is 24.2. The molecule has 2 aromatic rings. The van der Waals surface area contributed by atoms with Crippen molar-refractivity contribution >= 4 is 35.0 Å². The van der Waals surface area contributed by atoms with Crippen molar-refractivity contribution < 1.29 is 14.4 Å². The number of anilines is 1. The van der Waals surface area contributed by atoms with Crippen molar-refractivity contribution in [2.45, 2.75) is 19.3 Å². The number of benzene rings is 2. The number of amides is 3. The van der Waals surface area contributed by atoms with Gasteiger partial charge in [-0.1, -0.05) is 48.0 Å². The third-order valence-electron chi connectivity index (χ3n) is 6.64. The fraction of sp³-hybridized carbons (Fsp3) is 0.423. The Kier molecular flexibility index (Phi) is 8.19. The fourth-order valence-electron chi connectivity index (χ4n) is 4.52. The molecule has 2 aliphatic rings. The maximum absolute atomic E-state index is 12.8. The zero-order valence-corrected chi connectivity index (χ0v) is 20.0. The van der Waals surface area contributed by atoms with Crippen LogP contribution in [-0.4, -0.2) is 78.2 Å². The number of nitrogens with one attached hydrogen (secondary N) is 1. The topological polar surface area (TPSA) is 73.0 Å². The van der Waals surface area contributed by atoms with Crippen LogP contribution in [0, 0.1) is 5.92 Å². The zero-order chi connectivity index (χ0) is 23.9. The van der Waals surface area contributed by atoms with Gasteiger partial charge < -0.3 is 15.1 Å². The van der Waals surface area contributed by atoms with Gasteiger partial charge in [-0.3, -0.25) is 19.3 Å². The molecule has 0 aliphatic carbocycles. The number of piperidine rings is 1. The van der Waals surface area contributed by atoms with Crippen molar-refractivity contribution in [3.8, 4) is 0 Å². The SMILES string of the molecule is O=C(Nc1ccccc1)C1CCN(C(=O)CN2CCN(C(=O)Cc3ccccc3Cl)CC2)CC1. The maximum atomic E-state index is 12.8. The molecule has 34 heavy (non-hydrogen) atoms. The Bertz CT molecular complexity index is 1000. The van der Waals surface area contributed by atoms with Crippen LogP contribution in [-0.2, 0) is 20.8 Å². The lowest BCUT2D eigenvalue weighted by molar-refractivity contribution is -0.137. The van der Waals surface area contributed by atoms with Gasteiger partial charge in [0.2, 0.25) is 17.7 Å². The summed E-state index contributed by atoms with van der Waals surface area (Å²) in [4.78, 5) is 43.8. The van der Waals surface area contributed by atoms with E-state index in [0.717, 1.165) is 11.3 Å². The predicted molar refractivity (Wildman–Crippen MR) is 133 cm³/mol. The number of para-hydroxylation sites is 1. The average molecular weight is 483 g/mol. The molecule has 8 heteroatoms. The summed E-state index contributed by atoms with van der Waals surface area (Å²) in [5.74, 6) is 0.112. The molecule has 3 amide bonds. The highest BCUT2D eigenvalue weighted by atomic mass is 35.5. The summed E-state index contributed by atoms with van der Waals surface area (Å²) in [6, 6.07) is 16.9. The molecular formula is C26H31ClN4O3. The molecule has 2 saturated heterocycles. The Hall–Kier alpha value is -2.90. The number of likely N-dealkylation sites (tertiary alicyclic amines) is 1. The molecule has 0 atom stereocenters. The van der Waals surface area contributed by atoms with Gasteiger partial charge >= 0.3 is 0 Å². The lowest BCUT2D eigenvalue weighted by Gasteiger charge is -2.37. The van der Waals surface area contributed by atoms with Crippen molar-refractivity contribution in [3.63, 3.8) is 0 Å². The third-order valence-corrected chi connectivity index (χ3v) is 7.01. The minimum Gasteiger partial charge on any atom is -0.342 e. The quantitative estimate of drug-likeness (QED) is 0.687. The number of rotatable bonds is 6. The summed E-state index contributed by atoms with van der Waals surface area (Å²) in [6.07, 6.45) is 1.65. The van der Waals surface area contributed by atoms with Gasteiger partial charge in [-0.2, -0.15) is 0 Å². The summed E-state index contributed by atoms with van der Waals surface area (Å²) in [5.41, 5.74) is 1.64. The molecule has 0 bridgehead atoms. The first-order valence-corrected chi connectivity index (χ1v) is 12.2. The van der Waals surface area contributed by atoms with Crippen LogP contribution >= 0.6 is 11.6 Å². The first-order valence-electron chi connectivity index (χ1n) is 11.9. The summed E-state index contributed by atoms with van der Waals surface area (Å²) in [5, 5.41) is 3.58. The van der Waals surface area contributed by atoms with Gasteiger partial charge in [0.1, 0.15) is 0 Å². The lowest BCUT2D eigenvalue weighted by Crippen LogP contribution is -2.52. The first-order chi connectivity index (χ1) is 16.5. The van der Waals surface area contributed by atoms with Crippen molar-refractivity contribution in [2.75, 3.05) is 51.1 Å². The number of carbonyl (C=O) groups is 3. The van der Waals surface area contributed by atoms with E-state index in [1.165, 1.54) is 0 Å². The predicted octanol–water partition coefficient (Wildman–Crippen LogP) is 2.90. The Labute approximate surface area is 205 Å². The van der Waals surface area contributed by atoms with E-state index in [-0.39, 0.29) is 23.6 Å². The number of hydrogen-bond donors (Lipinski definition) is 1. The number of hydrogen-bond acceptors (Lipinski definition) is 4. The van der Waals surface area contributed by atoms with E-state index in [2.05, 4.69) is 10.2 Å². The van der Waals surface area contributed by atoms with E-state index in [9.17, 15) is 14.4 Å². The Balaban J connectivity index is 1.17. The zero-order valence-electron chi connectivity index (χ0n) is 19.3. The molecule has 0 radical (unpaired) electrons. The van der Waals surface area contributed by atoms with Crippen molar-refractivity contribution in [1.29, 1.82) is 0 Å². The van der Waals surface area contributed by atoms with Gasteiger partial charge in [-0.05, 0) is 36.6 Å². The van der Waals surface area contributed by atoms with Crippen LogP contribution in [0.1, 0.15) is 18.4 Å². The Morgan fingerprint density at radius 3 is 2.09 bits per heavy atom. The minimum absolute atomic E-state index is 0.0240. The monoisotopic (exact) mass is 482 g/mol. The van der Waals surface area contributed by atoms with E-state index in [1.54, 1.807) is 6.07 Å². The molecule has 2 heterocycles. The van der Waals surface area contributed by atoms with Crippen LogP contribution in [0.3, 0.4) is 0 Å². The van der Waals surface area contributed by atoms with Crippen LogP contribution in [0.5, 0.6) is 0 Å². The van der Waals surface area contributed by atoms with Crippen LogP contribution in [0.4, 0.5) is 5.69 Å². The van der Waals surface area contributed by atoms with Gasteiger partial charge in [0.15, 0.2) is 0 Å². The summed E-state index contributed by atoms with van der Waals surface area (Å²) in [7, 11) is 0. The molecule has 7 nitrogen and oxygen atoms in total. The molecule has 0 saturated carbocycles. The molecule has 0 unspecified atom stereocenters. The molecular weight excluding hydrogens is 452 g/mol. The third kappa shape index (κ3) is 6.36. The van der Waals surface area contributed by atoms with Gasteiger partial charge in [-0.25, -0.2) is 0 Å². The summed E-state index contributed by atoms with van der Waals surface area (Å²) < 4.78 is 0. The van der Waals surface area contributed by atoms with Crippen LogP contribution in [0.15, 0.2) is 54.6 Å². The normalized spacial score (nSPS) is 17.4. The van der Waals surface area contributed by atoms with Crippen molar-refractivity contribution in [1.82, 2.24) is 14.7 Å². The summed E-state index contributed by atoms with van der Waals surface area (Å²) in [6.45, 7) is 4.12. The van der Waals surface area contributed by atoms with Crippen molar-refractivity contribution in [2.24, 2.45) is 5.92 Å². The molecule has 2 aliphatic heterocycles. The Morgan fingerprint density at radius 1 is 0.794 bits per heavy atom.